The van der Waals surface area contributed by atoms with Gasteiger partial charge in [-0.15, -0.1) is 0 Å². The monoisotopic (exact) mass is 378 g/mol. The van der Waals surface area contributed by atoms with Gasteiger partial charge in [-0.25, -0.2) is 0 Å². The molecular formula is C23H23ClN2O. The Balaban J connectivity index is 1.60. The largest absolute Gasteiger partial charge is 0.322 e. The number of carbonyl (C=O) groups excluding carboxylic acids is 1. The zero-order chi connectivity index (χ0) is 19.2. The number of aryl methyl sites for hydroxylation is 1. The third kappa shape index (κ3) is 5.43. The van der Waals surface area contributed by atoms with Crippen molar-refractivity contribution >= 4 is 23.2 Å². The lowest BCUT2D eigenvalue weighted by Crippen LogP contribution is -2.18. The van der Waals surface area contributed by atoms with Crippen LogP contribution in [0, 0.1) is 6.92 Å². The summed E-state index contributed by atoms with van der Waals surface area (Å²) in [6.45, 7) is 4.83. The van der Waals surface area contributed by atoms with Crippen molar-refractivity contribution < 1.29 is 4.79 Å². The van der Waals surface area contributed by atoms with E-state index < -0.39 is 0 Å². The lowest BCUT2D eigenvalue weighted by atomic mass is 10.1. The van der Waals surface area contributed by atoms with Gasteiger partial charge in [0.15, 0.2) is 0 Å². The van der Waals surface area contributed by atoms with Crippen molar-refractivity contribution in [2.24, 2.45) is 0 Å². The minimum Gasteiger partial charge on any atom is -0.322 e. The fraction of sp³-hybridized carbons (Fsp3) is 0.174. The maximum atomic E-state index is 12.4. The summed E-state index contributed by atoms with van der Waals surface area (Å²) in [6, 6.07) is 23.5. The van der Waals surface area contributed by atoms with Crippen LogP contribution in [0.4, 0.5) is 5.69 Å². The summed E-state index contributed by atoms with van der Waals surface area (Å²) < 4.78 is 0. The van der Waals surface area contributed by atoms with Crippen LogP contribution < -0.4 is 10.6 Å². The Hall–Kier alpha value is -2.62. The lowest BCUT2D eigenvalue weighted by molar-refractivity contribution is 0.102. The van der Waals surface area contributed by atoms with E-state index in [9.17, 15) is 4.79 Å². The molecule has 3 rings (SSSR count). The average Bonchev–Trinajstić information content (AvgIpc) is 2.67. The van der Waals surface area contributed by atoms with Gasteiger partial charge in [-0.05, 0) is 61.4 Å². The second-order valence-electron chi connectivity index (χ2n) is 6.67. The lowest BCUT2D eigenvalue weighted by Gasteiger charge is -2.15. The van der Waals surface area contributed by atoms with Crippen molar-refractivity contribution in [1.82, 2.24) is 5.32 Å². The molecule has 4 heteroatoms. The van der Waals surface area contributed by atoms with Crippen molar-refractivity contribution in [1.29, 1.82) is 0 Å². The molecule has 138 valence electrons. The summed E-state index contributed by atoms with van der Waals surface area (Å²) in [4.78, 5) is 12.4. The van der Waals surface area contributed by atoms with E-state index in [2.05, 4.69) is 17.6 Å². The predicted octanol–water partition coefficient (Wildman–Crippen LogP) is 5.75. The fourth-order valence-corrected chi connectivity index (χ4v) is 2.93. The van der Waals surface area contributed by atoms with Gasteiger partial charge in [-0.2, -0.15) is 0 Å². The second kappa shape index (κ2) is 8.85. The van der Waals surface area contributed by atoms with Crippen LogP contribution >= 0.6 is 11.6 Å². The van der Waals surface area contributed by atoms with Crippen molar-refractivity contribution in [3.8, 4) is 0 Å². The molecule has 1 unspecified atom stereocenters. The molecule has 0 saturated heterocycles. The molecule has 0 aromatic heterocycles. The van der Waals surface area contributed by atoms with Crippen LogP contribution in [0.2, 0.25) is 5.02 Å². The first-order chi connectivity index (χ1) is 13.0. The van der Waals surface area contributed by atoms with E-state index in [0.717, 1.165) is 21.8 Å². The predicted molar refractivity (Wildman–Crippen MR) is 112 cm³/mol. The molecule has 1 amide bonds. The molecule has 0 bridgehead atoms. The van der Waals surface area contributed by atoms with Crippen LogP contribution in [-0.2, 0) is 6.54 Å². The van der Waals surface area contributed by atoms with Crippen LogP contribution in [0.25, 0.3) is 0 Å². The highest BCUT2D eigenvalue weighted by molar-refractivity contribution is 6.30. The minimum absolute atomic E-state index is 0.102. The average molecular weight is 379 g/mol. The number of carbonyl (C=O) groups is 1. The van der Waals surface area contributed by atoms with Gasteiger partial charge in [0.25, 0.3) is 5.91 Å². The fourth-order valence-electron chi connectivity index (χ4n) is 2.81. The molecule has 0 aliphatic heterocycles. The molecule has 2 N–H and O–H groups in total. The molecular weight excluding hydrogens is 356 g/mol. The van der Waals surface area contributed by atoms with Crippen molar-refractivity contribution in [2.45, 2.75) is 26.4 Å². The second-order valence-corrected chi connectivity index (χ2v) is 7.11. The molecule has 3 aromatic rings. The van der Waals surface area contributed by atoms with Crippen molar-refractivity contribution in [2.75, 3.05) is 5.32 Å². The molecule has 27 heavy (non-hydrogen) atoms. The highest BCUT2D eigenvalue weighted by Gasteiger charge is 2.08. The van der Waals surface area contributed by atoms with E-state index in [-0.39, 0.29) is 11.9 Å². The molecule has 0 aliphatic rings. The number of nitrogens with one attached hydrogen (secondary N) is 2. The summed E-state index contributed by atoms with van der Waals surface area (Å²) in [5.41, 5.74) is 4.87. The van der Waals surface area contributed by atoms with Gasteiger partial charge in [0.1, 0.15) is 0 Å². The van der Waals surface area contributed by atoms with E-state index in [1.54, 1.807) is 0 Å². The molecule has 0 spiro atoms. The zero-order valence-electron chi connectivity index (χ0n) is 15.5. The summed E-state index contributed by atoms with van der Waals surface area (Å²) in [5, 5.41) is 7.20. The molecule has 0 saturated carbocycles. The van der Waals surface area contributed by atoms with E-state index >= 15 is 0 Å². The number of benzene rings is 3. The maximum Gasteiger partial charge on any atom is 0.255 e. The Bertz CT molecular complexity index is 904. The number of rotatable bonds is 6. The number of anilines is 1. The number of halogens is 1. The van der Waals surface area contributed by atoms with Crippen LogP contribution in [0.1, 0.15) is 40.0 Å². The normalized spacial score (nSPS) is 11.8. The van der Waals surface area contributed by atoms with E-state index in [1.807, 2.05) is 79.7 Å². The number of amides is 1. The standard InChI is InChI=1S/C23H23ClN2O/c1-16-6-8-20(9-7-16)23(27)26-22-5-3-4-18(14-22)15-25-17(2)19-10-12-21(24)13-11-19/h3-14,17,25H,15H2,1-2H3,(H,26,27). The van der Waals surface area contributed by atoms with Crippen LogP contribution in [0.3, 0.4) is 0 Å². The van der Waals surface area contributed by atoms with Gasteiger partial charge in [-0.1, -0.05) is 53.6 Å². The highest BCUT2D eigenvalue weighted by atomic mass is 35.5. The number of hydrogen-bond acceptors (Lipinski definition) is 2. The summed E-state index contributed by atoms with van der Waals surface area (Å²) in [7, 11) is 0. The molecule has 3 aromatic carbocycles. The SMILES string of the molecule is Cc1ccc(C(=O)Nc2cccc(CNC(C)c3ccc(Cl)cc3)c2)cc1. The Kier molecular flexibility index (Phi) is 6.28. The van der Waals surface area contributed by atoms with E-state index in [0.29, 0.717) is 12.1 Å². The van der Waals surface area contributed by atoms with Crippen molar-refractivity contribution in [3.05, 3.63) is 100 Å². The first kappa shape index (κ1) is 19.2. The number of hydrogen-bond donors (Lipinski definition) is 2. The van der Waals surface area contributed by atoms with Crippen LogP contribution in [0.15, 0.2) is 72.8 Å². The third-order valence-electron chi connectivity index (χ3n) is 4.48. The van der Waals surface area contributed by atoms with Crippen LogP contribution in [-0.4, -0.2) is 5.91 Å². The smallest absolute Gasteiger partial charge is 0.255 e. The Morgan fingerprint density at radius 2 is 1.70 bits per heavy atom. The summed E-state index contributed by atoms with van der Waals surface area (Å²) in [5.74, 6) is -0.102. The van der Waals surface area contributed by atoms with Gasteiger partial charge in [0.05, 0.1) is 0 Å². The minimum atomic E-state index is -0.102. The van der Waals surface area contributed by atoms with Gasteiger partial charge < -0.3 is 10.6 Å². The first-order valence-corrected chi connectivity index (χ1v) is 9.35. The van der Waals surface area contributed by atoms with Crippen LogP contribution in [0.5, 0.6) is 0 Å². The van der Waals surface area contributed by atoms with Crippen molar-refractivity contribution in [3.63, 3.8) is 0 Å². The van der Waals surface area contributed by atoms with Gasteiger partial charge >= 0.3 is 0 Å². The van der Waals surface area contributed by atoms with E-state index in [1.165, 1.54) is 5.56 Å². The third-order valence-corrected chi connectivity index (χ3v) is 4.73. The zero-order valence-corrected chi connectivity index (χ0v) is 16.3. The van der Waals surface area contributed by atoms with Gasteiger partial charge in [0.2, 0.25) is 0 Å². The quantitative estimate of drug-likeness (QED) is 0.573. The van der Waals surface area contributed by atoms with Gasteiger partial charge in [-0.3, -0.25) is 4.79 Å². The molecule has 0 fully saturated rings. The molecule has 0 aliphatic carbocycles. The van der Waals surface area contributed by atoms with E-state index in [4.69, 9.17) is 11.6 Å². The topological polar surface area (TPSA) is 41.1 Å². The molecule has 3 nitrogen and oxygen atoms in total. The highest BCUT2D eigenvalue weighted by Crippen LogP contribution is 2.18. The maximum absolute atomic E-state index is 12.4. The molecule has 1 atom stereocenters. The summed E-state index contributed by atoms with van der Waals surface area (Å²) >= 11 is 5.95. The molecule has 0 heterocycles. The summed E-state index contributed by atoms with van der Waals surface area (Å²) in [6.07, 6.45) is 0. The Labute approximate surface area is 165 Å². The Morgan fingerprint density at radius 1 is 1.00 bits per heavy atom. The first-order valence-electron chi connectivity index (χ1n) is 8.97. The molecule has 0 radical (unpaired) electrons. The van der Waals surface area contributed by atoms with Gasteiger partial charge in [0, 0.05) is 28.9 Å². The Morgan fingerprint density at radius 3 is 2.41 bits per heavy atom.